The number of aryl methyl sites for hydroxylation is 1. The van der Waals surface area contributed by atoms with Crippen LogP contribution in [0.3, 0.4) is 0 Å². The number of carboxylic acids is 3. The minimum absolute atomic E-state index is 0.0491. The van der Waals surface area contributed by atoms with Crippen LogP contribution in [0.4, 0.5) is 0 Å². The Morgan fingerprint density at radius 2 is 1.38 bits per heavy atom. The van der Waals surface area contributed by atoms with Gasteiger partial charge in [0.1, 0.15) is 18.0 Å². The highest BCUT2D eigenvalue weighted by Gasteiger charge is 2.64. The van der Waals surface area contributed by atoms with Crippen LogP contribution in [0.1, 0.15) is 37.3 Å². The van der Waals surface area contributed by atoms with E-state index >= 15 is 0 Å². The van der Waals surface area contributed by atoms with E-state index in [1.165, 1.54) is 0 Å². The summed E-state index contributed by atoms with van der Waals surface area (Å²) in [5, 5.41) is 31.6. The monoisotopic (exact) mass is 648 g/mol. The summed E-state index contributed by atoms with van der Waals surface area (Å²) in [7, 11) is 0. The van der Waals surface area contributed by atoms with Crippen LogP contribution in [-0.4, -0.2) is 87.1 Å². The van der Waals surface area contributed by atoms with Gasteiger partial charge in [-0.3, -0.25) is 14.4 Å². The summed E-state index contributed by atoms with van der Waals surface area (Å²) >= 11 is 0. The molecule has 4 rings (SSSR count). The molecule has 0 aliphatic carbocycles. The predicted octanol–water partition coefficient (Wildman–Crippen LogP) is 3.28. The minimum Gasteiger partial charge on any atom is -0.480 e. The third kappa shape index (κ3) is 8.12. The van der Waals surface area contributed by atoms with Crippen LogP contribution in [0, 0.1) is 0 Å². The fourth-order valence-electron chi connectivity index (χ4n) is 5.46. The number of benzene rings is 3. The van der Waals surface area contributed by atoms with Crippen molar-refractivity contribution < 1.29 is 53.5 Å². The molecule has 13 heteroatoms. The molecule has 3 aromatic carbocycles. The SMILES string of the molecule is CCNC(=O)[C@H]1OC(C(=O)O)(C(=O)O)O[C@@H]1C(=O)N(CC(=O)O)[C@H](C)[C@H](CCc1ccccc1)c1ccc(Oc2ccccc2)cc1. The normalized spacial score (nSPS) is 18.0. The van der Waals surface area contributed by atoms with E-state index in [9.17, 15) is 39.3 Å². The standard InChI is InChI=1S/C34H36N2O11/c1-3-35-30(39)28-29(47-34(46-28,32(41)42)33(43)44)31(40)36(20-27(37)38)21(2)26(19-14-22-10-6-4-7-11-22)23-15-17-25(18-16-23)45-24-12-8-5-9-13-24/h4-13,15-18,21,26,28-29H,3,14,19-20H2,1-2H3,(H,35,39)(H,37,38)(H,41,42)(H,43,44)/t21-,26+,28+,29+/m1/s1. The van der Waals surface area contributed by atoms with E-state index in [0.717, 1.165) is 16.0 Å². The van der Waals surface area contributed by atoms with Crippen molar-refractivity contribution in [1.29, 1.82) is 0 Å². The molecule has 0 aromatic heterocycles. The number of aliphatic carboxylic acids is 3. The lowest BCUT2D eigenvalue weighted by atomic mass is 9.85. The maximum absolute atomic E-state index is 14.1. The number of carboxylic acid groups (broad SMARTS) is 3. The Labute approximate surface area is 270 Å². The zero-order valence-electron chi connectivity index (χ0n) is 25.8. The van der Waals surface area contributed by atoms with Gasteiger partial charge in [0.25, 0.3) is 11.8 Å². The van der Waals surface area contributed by atoms with Crippen molar-refractivity contribution in [3.63, 3.8) is 0 Å². The number of carbonyl (C=O) groups is 5. The molecule has 13 nitrogen and oxygen atoms in total. The molecule has 1 heterocycles. The van der Waals surface area contributed by atoms with Gasteiger partial charge in [-0.1, -0.05) is 60.7 Å². The quantitative estimate of drug-likeness (QED) is 0.177. The molecule has 1 aliphatic heterocycles. The maximum Gasteiger partial charge on any atom is 0.377 e. The Bertz CT molecular complexity index is 1550. The van der Waals surface area contributed by atoms with Crippen molar-refractivity contribution >= 4 is 29.7 Å². The number of ether oxygens (including phenoxy) is 3. The highest BCUT2D eigenvalue weighted by Crippen LogP contribution is 2.35. The van der Waals surface area contributed by atoms with Crippen LogP contribution >= 0.6 is 0 Å². The predicted molar refractivity (Wildman–Crippen MR) is 166 cm³/mol. The molecular weight excluding hydrogens is 612 g/mol. The molecule has 0 spiro atoms. The van der Waals surface area contributed by atoms with E-state index in [-0.39, 0.29) is 6.54 Å². The van der Waals surface area contributed by atoms with Gasteiger partial charge in [-0.05, 0) is 62.1 Å². The summed E-state index contributed by atoms with van der Waals surface area (Å²) in [5.74, 6) is -10.4. The molecule has 0 saturated carbocycles. The van der Waals surface area contributed by atoms with E-state index in [1.807, 2.05) is 48.5 Å². The Kier molecular flexibility index (Phi) is 11.3. The van der Waals surface area contributed by atoms with Crippen molar-refractivity contribution in [2.45, 2.75) is 56.6 Å². The van der Waals surface area contributed by atoms with Gasteiger partial charge >= 0.3 is 23.7 Å². The fraction of sp³-hybridized carbons (Fsp3) is 0.324. The second kappa shape index (κ2) is 15.3. The van der Waals surface area contributed by atoms with Gasteiger partial charge in [0.05, 0.1) is 0 Å². The van der Waals surface area contributed by atoms with Crippen molar-refractivity contribution in [3.8, 4) is 11.5 Å². The summed E-state index contributed by atoms with van der Waals surface area (Å²) < 4.78 is 16.3. The second-order valence-corrected chi connectivity index (χ2v) is 10.9. The number of rotatable bonds is 15. The number of nitrogens with zero attached hydrogens (tertiary/aromatic N) is 1. The average Bonchev–Trinajstić information content (AvgIpc) is 3.48. The van der Waals surface area contributed by atoms with Crippen LogP contribution in [-0.2, 0) is 39.9 Å². The van der Waals surface area contributed by atoms with E-state index in [2.05, 4.69) is 5.32 Å². The number of hydrogen-bond acceptors (Lipinski definition) is 8. The molecule has 1 fully saturated rings. The highest BCUT2D eigenvalue weighted by molar-refractivity contribution is 6.03. The van der Waals surface area contributed by atoms with Crippen molar-refractivity contribution in [3.05, 3.63) is 96.1 Å². The fourth-order valence-corrected chi connectivity index (χ4v) is 5.46. The lowest BCUT2D eigenvalue weighted by Crippen LogP contribution is -2.54. The van der Waals surface area contributed by atoms with Gasteiger partial charge in [0.15, 0.2) is 12.2 Å². The highest BCUT2D eigenvalue weighted by atomic mass is 16.8. The third-order valence-electron chi connectivity index (χ3n) is 7.81. The molecule has 2 amide bonds. The number of likely N-dealkylation sites (N-methyl/N-ethyl adjacent to an activating group) is 1. The molecule has 4 atom stereocenters. The minimum atomic E-state index is -3.37. The lowest BCUT2D eigenvalue weighted by molar-refractivity contribution is -0.220. The average molecular weight is 649 g/mol. The first kappa shape index (κ1) is 34.6. The van der Waals surface area contributed by atoms with Gasteiger partial charge in [0, 0.05) is 18.5 Å². The molecule has 47 heavy (non-hydrogen) atoms. The Morgan fingerprint density at radius 1 is 0.830 bits per heavy atom. The number of carbonyl (C=O) groups excluding carboxylic acids is 2. The smallest absolute Gasteiger partial charge is 0.377 e. The van der Waals surface area contributed by atoms with Crippen molar-refractivity contribution in [2.75, 3.05) is 13.1 Å². The van der Waals surface area contributed by atoms with Gasteiger partial charge in [-0.15, -0.1) is 0 Å². The van der Waals surface area contributed by atoms with Gasteiger partial charge < -0.3 is 39.7 Å². The van der Waals surface area contributed by atoms with Crippen molar-refractivity contribution in [1.82, 2.24) is 10.2 Å². The van der Waals surface area contributed by atoms with E-state index in [4.69, 9.17) is 14.2 Å². The Morgan fingerprint density at radius 3 is 1.94 bits per heavy atom. The number of hydrogen-bond donors (Lipinski definition) is 4. The summed E-state index contributed by atoms with van der Waals surface area (Å²) in [6, 6.07) is 24.9. The first-order valence-corrected chi connectivity index (χ1v) is 15.0. The summed E-state index contributed by atoms with van der Waals surface area (Å²) in [6.45, 7) is 2.38. The number of para-hydroxylation sites is 1. The van der Waals surface area contributed by atoms with Crippen LogP contribution in [0.25, 0.3) is 0 Å². The zero-order valence-corrected chi connectivity index (χ0v) is 25.8. The van der Waals surface area contributed by atoms with E-state index in [0.29, 0.717) is 24.3 Å². The Hall–Kier alpha value is -5.27. The Balaban J connectivity index is 1.70. The third-order valence-corrected chi connectivity index (χ3v) is 7.81. The van der Waals surface area contributed by atoms with E-state index < -0.39 is 66.2 Å². The van der Waals surface area contributed by atoms with Gasteiger partial charge in [0.2, 0.25) is 0 Å². The van der Waals surface area contributed by atoms with Crippen LogP contribution < -0.4 is 10.1 Å². The molecule has 1 aliphatic rings. The zero-order chi connectivity index (χ0) is 34.1. The second-order valence-electron chi connectivity index (χ2n) is 10.9. The van der Waals surface area contributed by atoms with Crippen LogP contribution in [0.5, 0.6) is 11.5 Å². The summed E-state index contributed by atoms with van der Waals surface area (Å²) in [5.41, 5.74) is 1.74. The first-order chi connectivity index (χ1) is 22.5. The number of nitrogens with one attached hydrogen (secondary N) is 1. The first-order valence-electron chi connectivity index (χ1n) is 15.0. The summed E-state index contributed by atoms with van der Waals surface area (Å²) in [4.78, 5) is 64.1. The van der Waals surface area contributed by atoms with Gasteiger partial charge in [-0.25, -0.2) is 9.59 Å². The molecule has 0 unspecified atom stereocenters. The van der Waals surface area contributed by atoms with Gasteiger partial charge in [-0.2, -0.15) is 0 Å². The van der Waals surface area contributed by atoms with Crippen LogP contribution in [0.15, 0.2) is 84.9 Å². The summed E-state index contributed by atoms with van der Waals surface area (Å²) in [6.07, 6.45) is -3.06. The number of amides is 2. The molecule has 248 valence electrons. The largest absolute Gasteiger partial charge is 0.480 e. The molecule has 0 radical (unpaired) electrons. The molecule has 4 N–H and O–H groups in total. The van der Waals surface area contributed by atoms with Crippen molar-refractivity contribution in [2.24, 2.45) is 0 Å². The topological polar surface area (TPSA) is 189 Å². The van der Waals surface area contributed by atoms with Crippen LogP contribution in [0.2, 0.25) is 0 Å². The molecule has 3 aromatic rings. The van der Waals surface area contributed by atoms with E-state index in [1.54, 1.807) is 50.2 Å². The molecule has 1 saturated heterocycles. The lowest BCUT2D eigenvalue weighted by Gasteiger charge is -2.36. The molecular formula is C34H36N2O11. The molecule has 0 bridgehead atoms. The maximum atomic E-state index is 14.1.